The number of hydrogen-bond acceptors (Lipinski definition) is 5. The summed E-state index contributed by atoms with van der Waals surface area (Å²) < 4.78 is 11.8. The molecule has 33 heavy (non-hydrogen) atoms. The van der Waals surface area contributed by atoms with Gasteiger partial charge in [-0.25, -0.2) is 9.59 Å². The summed E-state index contributed by atoms with van der Waals surface area (Å²) in [5.74, 6) is -2.33. The average Bonchev–Trinajstić information content (AvgIpc) is 3.35. The molecule has 0 spiro atoms. The van der Waals surface area contributed by atoms with E-state index in [2.05, 4.69) is 53.4 Å². The van der Waals surface area contributed by atoms with Crippen LogP contribution in [0.15, 0.2) is 65.3 Å². The molecule has 7 nitrogen and oxygen atoms in total. The second kappa shape index (κ2) is 12.8. The van der Waals surface area contributed by atoms with Gasteiger partial charge in [-0.2, -0.15) is 0 Å². The monoisotopic (exact) mass is 453 g/mol. The molecule has 0 aliphatic carbocycles. The SMILES string of the molecule is O=C(O)C(=O)O.c1coc(CC(COCCN2CCCCC2)c2cccc3ccccc23)c1. The Bertz CT molecular complexity index is 993. The van der Waals surface area contributed by atoms with E-state index in [1.165, 1.54) is 48.7 Å². The summed E-state index contributed by atoms with van der Waals surface area (Å²) in [5, 5.41) is 17.4. The standard InChI is InChI=1S/C24H29NO2.C2H2O4/c1-4-13-25(14-5-1)15-17-26-19-21(18-22-10-7-16-27-22)24-12-6-9-20-8-2-3-11-23(20)24;3-1(4)2(5)6/h2-3,6-12,16,21H,1,4-5,13-15,17-19H2;(H,3,4)(H,5,6). The Morgan fingerprint density at radius 1 is 0.939 bits per heavy atom. The number of ether oxygens (including phenoxy) is 1. The Kier molecular flexibility index (Phi) is 9.47. The minimum atomic E-state index is -1.82. The second-order valence-corrected chi connectivity index (χ2v) is 8.14. The highest BCUT2D eigenvalue weighted by Gasteiger charge is 2.17. The summed E-state index contributed by atoms with van der Waals surface area (Å²) in [6.07, 6.45) is 6.66. The van der Waals surface area contributed by atoms with Crippen LogP contribution >= 0.6 is 0 Å². The molecule has 1 fully saturated rings. The van der Waals surface area contributed by atoms with Crippen molar-refractivity contribution in [2.45, 2.75) is 31.6 Å². The number of fused-ring (bicyclic) bond motifs is 1. The lowest BCUT2D eigenvalue weighted by Gasteiger charge is -2.26. The number of aliphatic carboxylic acids is 2. The highest BCUT2D eigenvalue weighted by atomic mass is 16.5. The maximum Gasteiger partial charge on any atom is 0.414 e. The molecule has 1 saturated heterocycles. The summed E-state index contributed by atoms with van der Waals surface area (Å²) in [4.78, 5) is 20.7. The van der Waals surface area contributed by atoms with Crippen LogP contribution in [0.25, 0.3) is 10.8 Å². The predicted octanol–water partition coefficient (Wildman–Crippen LogP) is 4.42. The molecule has 0 radical (unpaired) electrons. The van der Waals surface area contributed by atoms with E-state index in [1.807, 2.05) is 6.07 Å². The van der Waals surface area contributed by atoms with Crippen molar-refractivity contribution in [2.75, 3.05) is 32.8 Å². The molecule has 1 aromatic heterocycles. The third kappa shape index (κ3) is 7.73. The van der Waals surface area contributed by atoms with Gasteiger partial charge in [0.15, 0.2) is 0 Å². The van der Waals surface area contributed by atoms with Crippen LogP contribution in [-0.2, 0) is 20.7 Å². The van der Waals surface area contributed by atoms with Crippen LogP contribution in [0.4, 0.5) is 0 Å². The minimum absolute atomic E-state index is 0.295. The lowest BCUT2D eigenvalue weighted by molar-refractivity contribution is -0.159. The number of carbonyl (C=O) groups is 2. The third-order valence-electron chi connectivity index (χ3n) is 5.79. The number of rotatable bonds is 8. The Hall–Kier alpha value is -3.16. The Balaban J connectivity index is 0.000000454. The number of piperidine rings is 1. The van der Waals surface area contributed by atoms with Gasteiger partial charge in [0.05, 0.1) is 19.5 Å². The average molecular weight is 454 g/mol. The zero-order valence-corrected chi connectivity index (χ0v) is 18.7. The number of nitrogens with zero attached hydrogens (tertiary/aromatic N) is 1. The minimum Gasteiger partial charge on any atom is -0.473 e. The van der Waals surface area contributed by atoms with Crippen LogP contribution in [0.5, 0.6) is 0 Å². The lowest BCUT2D eigenvalue weighted by Crippen LogP contribution is -2.33. The number of furan rings is 1. The van der Waals surface area contributed by atoms with Gasteiger partial charge >= 0.3 is 11.9 Å². The van der Waals surface area contributed by atoms with Crippen molar-refractivity contribution in [2.24, 2.45) is 0 Å². The van der Waals surface area contributed by atoms with E-state index in [0.717, 1.165) is 31.9 Å². The van der Waals surface area contributed by atoms with Gasteiger partial charge < -0.3 is 24.3 Å². The van der Waals surface area contributed by atoms with Crippen molar-refractivity contribution in [1.29, 1.82) is 0 Å². The van der Waals surface area contributed by atoms with Gasteiger partial charge in [-0.15, -0.1) is 0 Å². The van der Waals surface area contributed by atoms with Gasteiger partial charge in [-0.05, 0) is 54.4 Å². The fraction of sp³-hybridized carbons (Fsp3) is 0.385. The molecule has 4 rings (SSSR count). The summed E-state index contributed by atoms with van der Waals surface area (Å²) in [7, 11) is 0. The van der Waals surface area contributed by atoms with Crippen molar-refractivity contribution < 1.29 is 29.0 Å². The van der Waals surface area contributed by atoms with Crippen LogP contribution in [-0.4, -0.2) is 59.9 Å². The molecule has 2 N–H and O–H groups in total. The molecular formula is C26H31NO6. The van der Waals surface area contributed by atoms with E-state index in [9.17, 15) is 0 Å². The van der Waals surface area contributed by atoms with E-state index >= 15 is 0 Å². The summed E-state index contributed by atoms with van der Waals surface area (Å²) in [6, 6.07) is 19.2. The fourth-order valence-electron chi connectivity index (χ4n) is 4.14. The first-order chi connectivity index (χ1) is 16.0. The van der Waals surface area contributed by atoms with Crippen LogP contribution in [0.1, 0.15) is 36.5 Å². The molecule has 1 aliphatic rings. The first kappa shape index (κ1) is 24.5. The third-order valence-corrected chi connectivity index (χ3v) is 5.79. The van der Waals surface area contributed by atoms with E-state index < -0.39 is 11.9 Å². The molecule has 176 valence electrons. The van der Waals surface area contributed by atoms with Gasteiger partial charge in [0.2, 0.25) is 0 Å². The van der Waals surface area contributed by atoms with Gasteiger partial charge in [0, 0.05) is 18.9 Å². The van der Waals surface area contributed by atoms with Gasteiger partial charge in [-0.3, -0.25) is 0 Å². The van der Waals surface area contributed by atoms with Crippen LogP contribution in [0.3, 0.4) is 0 Å². The number of hydrogen-bond donors (Lipinski definition) is 2. The maximum absolute atomic E-state index is 9.10. The van der Waals surface area contributed by atoms with E-state index in [4.69, 9.17) is 29.0 Å². The molecule has 1 atom stereocenters. The molecule has 7 heteroatoms. The van der Waals surface area contributed by atoms with Crippen molar-refractivity contribution >= 4 is 22.7 Å². The van der Waals surface area contributed by atoms with Crippen LogP contribution in [0, 0.1) is 0 Å². The first-order valence-corrected chi connectivity index (χ1v) is 11.3. The van der Waals surface area contributed by atoms with Crippen molar-refractivity contribution in [3.8, 4) is 0 Å². The molecule has 0 bridgehead atoms. The number of benzene rings is 2. The zero-order valence-electron chi connectivity index (χ0n) is 18.7. The summed E-state index contributed by atoms with van der Waals surface area (Å²) in [5.41, 5.74) is 1.35. The second-order valence-electron chi connectivity index (χ2n) is 8.14. The number of carboxylic acids is 2. The smallest absolute Gasteiger partial charge is 0.414 e. The molecule has 1 unspecified atom stereocenters. The summed E-state index contributed by atoms with van der Waals surface area (Å²) >= 11 is 0. The van der Waals surface area contributed by atoms with Crippen molar-refractivity contribution in [3.05, 3.63) is 72.2 Å². The molecule has 3 aromatic rings. The highest BCUT2D eigenvalue weighted by Crippen LogP contribution is 2.29. The van der Waals surface area contributed by atoms with E-state index in [1.54, 1.807) is 6.26 Å². The molecule has 2 aromatic carbocycles. The Labute approximate surface area is 193 Å². The van der Waals surface area contributed by atoms with Gasteiger partial charge in [-0.1, -0.05) is 48.9 Å². The van der Waals surface area contributed by atoms with Gasteiger partial charge in [0.25, 0.3) is 0 Å². The first-order valence-electron chi connectivity index (χ1n) is 11.3. The van der Waals surface area contributed by atoms with E-state index in [-0.39, 0.29) is 0 Å². The largest absolute Gasteiger partial charge is 0.473 e. The Morgan fingerprint density at radius 2 is 1.67 bits per heavy atom. The zero-order chi connectivity index (χ0) is 23.5. The quantitative estimate of drug-likeness (QED) is 0.385. The summed E-state index contributed by atoms with van der Waals surface area (Å²) in [6.45, 7) is 5.02. The van der Waals surface area contributed by atoms with Crippen LogP contribution in [0.2, 0.25) is 0 Å². The van der Waals surface area contributed by atoms with E-state index in [0.29, 0.717) is 5.92 Å². The van der Waals surface area contributed by atoms with Gasteiger partial charge in [0.1, 0.15) is 5.76 Å². The molecule has 0 amide bonds. The molecule has 0 saturated carbocycles. The lowest BCUT2D eigenvalue weighted by atomic mass is 9.91. The van der Waals surface area contributed by atoms with Crippen LogP contribution < -0.4 is 0 Å². The Morgan fingerprint density at radius 3 is 2.36 bits per heavy atom. The normalized spacial score (nSPS) is 14.9. The number of likely N-dealkylation sites (tertiary alicyclic amines) is 1. The molecule has 1 aliphatic heterocycles. The molecular weight excluding hydrogens is 422 g/mol. The highest BCUT2D eigenvalue weighted by molar-refractivity contribution is 6.27. The maximum atomic E-state index is 9.10. The van der Waals surface area contributed by atoms with Crippen molar-refractivity contribution in [1.82, 2.24) is 4.90 Å². The fourth-order valence-corrected chi connectivity index (χ4v) is 4.14. The topological polar surface area (TPSA) is 100 Å². The number of carboxylic acid groups (broad SMARTS) is 2. The van der Waals surface area contributed by atoms with Crippen molar-refractivity contribution in [3.63, 3.8) is 0 Å². The predicted molar refractivity (Wildman–Crippen MR) is 125 cm³/mol. The molecule has 2 heterocycles.